The van der Waals surface area contributed by atoms with Crippen LogP contribution in [0.25, 0.3) is 0 Å². The second kappa shape index (κ2) is 4.77. The van der Waals surface area contributed by atoms with Crippen molar-refractivity contribution in [1.82, 2.24) is 0 Å². The molecule has 1 rings (SSSR count). The van der Waals surface area contributed by atoms with Gasteiger partial charge in [0, 0.05) is 4.47 Å². The zero-order chi connectivity index (χ0) is 9.84. The SMILES string of the molecule is COC(=O)[C@@H](Br)c1ccc(Br)cc1. The Morgan fingerprint density at radius 1 is 1.38 bits per heavy atom. The van der Waals surface area contributed by atoms with Crippen LogP contribution in [0.4, 0.5) is 0 Å². The van der Waals surface area contributed by atoms with Gasteiger partial charge in [-0.1, -0.05) is 44.0 Å². The minimum Gasteiger partial charge on any atom is -0.468 e. The lowest BCUT2D eigenvalue weighted by molar-refractivity contribution is -0.139. The molecule has 13 heavy (non-hydrogen) atoms. The van der Waals surface area contributed by atoms with Gasteiger partial charge in [-0.2, -0.15) is 0 Å². The maximum Gasteiger partial charge on any atom is 0.323 e. The highest BCUT2D eigenvalue weighted by Crippen LogP contribution is 2.25. The Kier molecular flexibility index (Phi) is 3.93. The van der Waals surface area contributed by atoms with Crippen molar-refractivity contribution in [3.8, 4) is 0 Å². The second-order valence-corrected chi connectivity index (χ2v) is 4.27. The van der Waals surface area contributed by atoms with Crippen molar-refractivity contribution in [2.75, 3.05) is 7.11 Å². The topological polar surface area (TPSA) is 26.3 Å². The number of halogens is 2. The minimum atomic E-state index is -0.384. The first kappa shape index (κ1) is 10.7. The smallest absolute Gasteiger partial charge is 0.323 e. The lowest BCUT2D eigenvalue weighted by Gasteiger charge is -2.07. The quantitative estimate of drug-likeness (QED) is 0.620. The van der Waals surface area contributed by atoms with E-state index in [-0.39, 0.29) is 10.8 Å². The Labute approximate surface area is 93.5 Å². The molecule has 1 aromatic carbocycles. The molecule has 0 spiro atoms. The normalized spacial score (nSPS) is 12.2. The second-order valence-electron chi connectivity index (χ2n) is 2.44. The van der Waals surface area contributed by atoms with Crippen LogP contribution in [0.5, 0.6) is 0 Å². The highest BCUT2D eigenvalue weighted by atomic mass is 79.9. The van der Waals surface area contributed by atoms with E-state index in [9.17, 15) is 4.79 Å². The van der Waals surface area contributed by atoms with Gasteiger partial charge in [0.1, 0.15) is 4.83 Å². The molecule has 4 heteroatoms. The van der Waals surface area contributed by atoms with Crippen LogP contribution >= 0.6 is 31.9 Å². The molecular formula is C9H8Br2O2. The van der Waals surface area contributed by atoms with Crippen LogP contribution in [0.1, 0.15) is 10.4 Å². The molecule has 2 nitrogen and oxygen atoms in total. The number of ether oxygens (including phenoxy) is 1. The van der Waals surface area contributed by atoms with Crippen molar-refractivity contribution in [1.29, 1.82) is 0 Å². The van der Waals surface area contributed by atoms with Crippen molar-refractivity contribution >= 4 is 37.8 Å². The van der Waals surface area contributed by atoms with E-state index in [1.54, 1.807) is 0 Å². The highest BCUT2D eigenvalue weighted by molar-refractivity contribution is 9.10. The molecule has 70 valence electrons. The number of methoxy groups -OCH3 is 1. The summed E-state index contributed by atoms with van der Waals surface area (Å²) in [5, 5.41) is 0. The molecule has 0 amide bonds. The molecule has 0 N–H and O–H groups in total. The molecule has 1 atom stereocenters. The van der Waals surface area contributed by atoms with E-state index in [0.717, 1.165) is 10.0 Å². The molecule has 0 aliphatic heterocycles. The number of carbonyl (C=O) groups is 1. The molecule has 1 aromatic rings. The number of hydrogen-bond donors (Lipinski definition) is 0. The van der Waals surface area contributed by atoms with Gasteiger partial charge in [0.05, 0.1) is 7.11 Å². The Hall–Kier alpha value is -0.350. The summed E-state index contributed by atoms with van der Waals surface area (Å²) in [5.41, 5.74) is 0.884. The van der Waals surface area contributed by atoms with E-state index in [2.05, 4.69) is 36.6 Å². The summed E-state index contributed by atoms with van der Waals surface area (Å²) in [5.74, 6) is -0.290. The Morgan fingerprint density at radius 2 is 1.92 bits per heavy atom. The van der Waals surface area contributed by atoms with Gasteiger partial charge in [0.2, 0.25) is 0 Å². The van der Waals surface area contributed by atoms with Crippen LogP contribution in [0.15, 0.2) is 28.7 Å². The maximum atomic E-state index is 11.1. The third-order valence-corrected chi connectivity index (χ3v) is 3.00. The highest BCUT2D eigenvalue weighted by Gasteiger charge is 2.16. The first-order chi connectivity index (χ1) is 6.15. The lowest BCUT2D eigenvalue weighted by atomic mass is 10.1. The summed E-state index contributed by atoms with van der Waals surface area (Å²) in [4.78, 5) is 10.7. The summed E-state index contributed by atoms with van der Waals surface area (Å²) >= 11 is 6.56. The van der Waals surface area contributed by atoms with Crippen LogP contribution in [0.3, 0.4) is 0 Å². The standard InChI is InChI=1S/C9H8Br2O2/c1-13-9(12)8(11)6-2-4-7(10)5-3-6/h2-5,8H,1H3/t8-/m0/s1. The van der Waals surface area contributed by atoms with Gasteiger partial charge in [-0.3, -0.25) is 4.79 Å². The van der Waals surface area contributed by atoms with Crippen LogP contribution in [0, 0.1) is 0 Å². The molecule has 0 unspecified atom stereocenters. The van der Waals surface area contributed by atoms with E-state index in [0.29, 0.717) is 0 Å². The Bertz CT molecular complexity index is 295. The van der Waals surface area contributed by atoms with Gasteiger partial charge in [0.15, 0.2) is 0 Å². The molecular weight excluding hydrogens is 300 g/mol. The summed E-state index contributed by atoms with van der Waals surface area (Å²) in [6, 6.07) is 7.49. The summed E-state index contributed by atoms with van der Waals surface area (Å²) in [7, 11) is 1.37. The first-order valence-corrected chi connectivity index (χ1v) is 5.33. The van der Waals surface area contributed by atoms with Gasteiger partial charge in [-0.05, 0) is 17.7 Å². The molecule has 0 heterocycles. The monoisotopic (exact) mass is 306 g/mol. The molecule has 0 saturated carbocycles. The van der Waals surface area contributed by atoms with Crippen LogP contribution < -0.4 is 0 Å². The van der Waals surface area contributed by atoms with Crippen LogP contribution in [-0.2, 0) is 9.53 Å². The predicted octanol–water partition coefficient (Wildman–Crippen LogP) is 3.06. The third kappa shape index (κ3) is 2.81. The largest absolute Gasteiger partial charge is 0.468 e. The minimum absolute atomic E-state index is 0.290. The van der Waals surface area contributed by atoms with Gasteiger partial charge >= 0.3 is 5.97 Å². The number of hydrogen-bond acceptors (Lipinski definition) is 2. The predicted molar refractivity (Wildman–Crippen MR) is 57.8 cm³/mol. The van der Waals surface area contributed by atoms with Crippen LogP contribution in [0.2, 0.25) is 0 Å². The summed E-state index contributed by atoms with van der Waals surface area (Å²) in [6.45, 7) is 0. The zero-order valence-corrected chi connectivity index (χ0v) is 10.1. The van der Waals surface area contributed by atoms with Crippen LogP contribution in [-0.4, -0.2) is 13.1 Å². The van der Waals surface area contributed by atoms with Gasteiger partial charge < -0.3 is 4.74 Å². The van der Waals surface area contributed by atoms with E-state index in [1.807, 2.05) is 24.3 Å². The number of benzene rings is 1. The number of esters is 1. The zero-order valence-electron chi connectivity index (χ0n) is 6.96. The molecule has 0 aliphatic rings. The van der Waals surface area contributed by atoms with Crippen molar-refractivity contribution in [2.45, 2.75) is 4.83 Å². The van der Waals surface area contributed by atoms with Crippen molar-refractivity contribution < 1.29 is 9.53 Å². The van der Waals surface area contributed by atoms with Crippen molar-refractivity contribution in [3.05, 3.63) is 34.3 Å². The average molecular weight is 308 g/mol. The van der Waals surface area contributed by atoms with Crippen molar-refractivity contribution in [3.63, 3.8) is 0 Å². The number of alkyl halides is 1. The van der Waals surface area contributed by atoms with E-state index >= 15 is 0 Å². The summed E-state index contributed by atoms with van der Waals surface area (Å²) in [6.07, 6.45) is 0. The molecule has 0 bridgehead atoms. The fourth-order valence-electron chi connectivity index (χ4n) is 0.871. The van der Waals surface area contributed by atoms with E-state index < -0.39 is 0 Å². The van der Waals surface area contributed by atoms with Gasteiger partial charge in [0.25, 0.3) is 0 Å². The molecule has 0 aromatic heterocycles. The molecule has 0 radical (unpaired) electrons. The fourth-order valence-corrected chi connectivity index (χ4v) is 1.63. The third-order valence-electron chi connectivity index (χ3n) is 1.57. The number of rotatable bonds is 2. The Morgan fingerprint density at radius 3 is 2.38 bits per heavy atom. The van der Waals surface area contributed by atoms with Crippen molar-refractivity contribution in [2.24, 2.45) is 0 Å². The van der Waals surface area contributed by atoms with E-state index in [4.69, 9.17) is 0 Å². The van der Waals surface area contributed by atoms with Gasteiger partial charge in [-0.15, -0.1) is 0 Å². The fraction of sp³-hybridized carbons (Fsp3) is 0.222. The lowest BCUT2D eigenvalue weighted by Crippen LogP contribution is -2.07. The van der Waals surface area contributed by atoms with Gasteiger partial charge in [-0.25, -0.2) is 0 Å². The Balaban J connectivity index is 2.83. The maximum absolute atomic E-state index is 11.1. The molecule has 0 saturated heterocycles. The first-order valence-electron chi connectivity index (χ1n) is 3.62. The average Bonchev–Trinajstić information content (AvgIpc) is 2.17. The number of carbonyl (C=O) groups excluding carboxylic acids is 1. The summed E-state index contributed by atoms with van der Waals surface area (Å²) < 4.78 is 5.59. The van der Waals surface area contributed by atoms with E-state index in [1.165, 1.54) is 7.11 Å². The molecule has 0 fully saturated rings. The molecule has 0 aliphatic carbocycles.